The van der Waals surface area contributed by atoms with Crippen molar-refractivity contribution in [2.24, 2.45) is 0 Å². The molecule has 0 saturated carbocycles. The predicted molar refractivity (Wildman–Crippen MR) is 73.0 cm³/mol. The first-order chi connectivity index (χ1) is 11.3. The van der Waals surface area contributed by atoms with Crippen LogP contribution in [0.2, 0.25) is 0 Å². The summed E-state index contributed by atoms with van der Waals surface area (Å²) in [6, 6.07) is -1.17. The van der Waals surface area contributed by atoms with Gasteiger partial charge in [-0.3, -0.25) is 0 Å². The van der Waals surface area contributed by atoms with Gasteiger partial charge in [0.05, 0.1) is 13.4 Å². The Kier molecular flexibility index (Phi) is 2.17. The molecular formula is C15H20N2O2. The third-order valence-electron chi connectivity index (χ3n) is 3.86. The number of carbonyl (C=O) groups excluding carboxylic acids is 1. The van der Waals surface area contributed by atoms with Crippen LogP contribution in [0.5, 0.6) is 0 Å². The van der Waals surface area contributed by atoms with E-state index in [0.29, 0.717) is 25.1 Å². The summed E-state index contributed by atoms with van der Waals surface area (Å²) in [6.07, 6.45) is 1.53. The van der Waals surface area contributed by atoms with Crippen LogP contribution in [0.25, 0.3) is 0 Å². The highest BCUT2D eigenvalue weighted by atomic mass is 16.6. The maximum atomic E-state index is 11.2. The van der Waals surface area contributed by atoms with Crippen LogP contribution in [0.4, 0.5) is 4.79 Å². The Bertz CT molecular complexity index is 645. The fourth-order valence-electron chi connectivity index (χ4n) is 2.64. The first-order valence-corrected chi connectivity index (χ1v) is 6.58. The molecule has 1 spiro atoms. The minimum Gasteiger partial charge on any atom is -0.441 e. The van der Waals surface area contributed by atoms with Crippen LogP contribution in [-0.2, 0) is 11.2 Å². The summed E-state index contributed by atoms with van der Waals surface area (Å²) in [5.41, 5.74) is -0.0418. The first kappa shape index (κ1) is 7.90. The summed E-state index contributed by atoms with van der Waals surface area (Å²) in [7, 11) is 0. The summed E-state index contributed by atoms with van der Waals surface area (Å²) in [6.45, 7) is 2.68. The molecule has 4 heteroatoms. The zero-order valence-electron chi connectivity index (χ0n) is 15.7. The number of amides is 1. The predicted octanol–water partition coefficient (Wildman–Crippen LogP) is 1.80. The van der Waals surface area contributed by atoms with Gasteiger partial charge in [-0.1, -0.05) is 30.2 Å². The number of nitrogens with one attached hydrogen (secondary N) is 1. The highest BCUT2D eigenvalue weighted by Gasteiger charge is 2.42. The number of rotatable bonds is 3. The van der Waals surface area contributed by atoms with Crippen molar-refractivity contribution in [2.75, 3.05) is 26.2 Å². The first-order valence-electron chi connectivity index (χ1n) is 9.08. The van der Waals surface area contributed by atoms with E-state index < -0.39 is 5.60 Å². The van der Waals surface area contributed by atoms with Crippen LogP contribution in [0.15, 0.2) is 30.2 Å². The van der Waals surface area contributed by atoms with Gasteiger partial charge < -0.3 is 15.0 Å². The van der Waals surface area contributed by atoms with Crippen molar-refractivity contribution in [2.45, 2.75) is 24.9 Å². The second kappa shape index (κ2) is 5.21. The third kappa shape index (κ3) is 2.89. The van der Waals surface area contributed by atoms with E-state index >= 15 is 0 Å². The van der Waals surface area contributed by atoms with Crippen LogP contribution in [0.1, 0.15) is 25.3 Å². The van der Waals surface area contributed by atoms with E-state index in [9.17, 15) is 4.79 Å². The van der Waals surface area contributed by atoms with Crippen LogP contribution in [-0.4, -0.2) is 42.8 Å². The van der Waals surface area contributed by atoms with Crippen molar-refractivity contribution in [3.63, 3.8) is 0 Å². The van der Waals surface area contributed by atoms with E-state index in [-0.39, 0.29) is 36.3 Å². The molecule has 2 saturated heterocycles. The number of alkyl carbamates (subject to hydrolysis) is 1. The van der Waals surface area contributed by atoms with Gasteiger partial charge in [-0.2, -0.15) is 0 Å². The highest BCUT2D eigenvalue weighted by Crippen LogP contribution is 2.29. The molecular weight excluding hydrogens is 240 g/mol. The topological polar surface area (TPSA) is 41.6 Å². The summed E-state index contributed by atoms with van der Waals surface area (Å²) < 4.78 is 44.3. The fraction of sp³-hybridized carbons (Fsp3) is 0.533. The van der Waals surface area contributed by atoms with Crippen LogP contribution < -0.4 is 5.32 Å². The minimum atomic E-state index is -0.398. The van der Waals surface area contributed by atoms with Gasteiger partial charge in [-0.05, 0) is 12.0 Å². The molecule has 1 aromatic carbocycles. The molecule has 3 rings (SSSR count). The smallest absolute Gasteiger partial charge is 0.407 e. The van der Waals surface area contributed by atoms with Gasteiger partial charge in [0.25, 0.3) is 0 Å². The van der Waals surface area contributed by atoms with Crippen LogP contribution in [0.3, 0.4) is 0 Å². The van der Waals surface area contributed by atoms with E-state index in [2.05, 4.69) is 10.2 Å². The SMILES string of the molecule is [2H]c1c([2H])c([2H])c(CCN2CCC3(CC2)CNC(=O)O3)c([2H])c1[2H]. The monoisotopic (exact) mass is 265 g/mol. The molecule has 0 atom stereocenters. The maximum absolute atomic E-state index is 11.2. The number of ether oxygens (including phenoxy) is 1. The molecule has 0 radical (unpaired) electrons. The molecule has 1 amide bonds. The number of nitrogens with zero attached hydrogens (tertiary/aromatic N) is 1. The lowest BCUT2D eigenvalue weighted by Gasteiger charge is -2.37. The maximum Gasteiger partial charge on any atom is 0.407 e. The molecule has 0 aromatic heterocycles. The number of hydrogen-bond acceptors (Lipinski definition) is 3. The van der Waals surface area contributed by atoms with Gasteiger partial charge in [0.1, 0.15) is 5.60 Å². The summed E-state index contributed by atoms with van der Waals surface area (Å²) in [5, 5.41) is 2.70. The molecule has 2 aliphatic rings. The molecule has 0 bridgehead atoms. The van der Waals surface area contributed by atoms with Gasteiger partial charge in [0.2, 0.25) is 0 Å². The molecule has 1 aromatic rings. The lowest BCUT2D eigenvalue weighted by molar-refractivity contribution is 0.00123. The molecule has 1 N–H and O–H groups in total. The molecule has 0 aliphatic carbocycles. The van der Waals surface area contributed by atoms with Crippen molar-refractivity contribution in [1.82, 2.24) is 10.2 Å². The number of likely N-dealkylation sites (tertiary alicyclic amines) is 1. The molecule has 2 heterocycles. The molecule has 0 unspecified atom stereocenters. The summed E-state index contributed by atoms with van der Waals surface area (Å²) >= 11 is 0. The van der Waals surface area contributed by atoms with Gasteiger partial charge in [0, 0.05) is 32.5 Å². The Morgan fingerprint density at radius 1 is 1.32 bits per heavy atom. The Balaban J connectivity index is 1.63. The highest BCUT2D eigenvalue weighted by molar-refractivity contribution is 5.70. The number of carbonyl (C=O) groups is 1. The number of hydrogen-bond donors (Lipinski definition) is 1. The number of benzene rings is 1. The average Bonchev–Trinajstić information content (AvgIpc) is 2.93. The van der Waals surface area contributed by atoms with Crippen molar-refractivity contribution in [3.8, 4) is 0 Å². The summed E-state index contributed by atoms with van der Waals surface area (Å²) in [5.74, 6) is 0. The standard InChI is InChI=1S/C15H20N2O2/c18-14-16-12-15(19-14)7-10-17(11-8-15)9-6-13-4-2-1-3-5-13/h1-5H,6-12H2,(H,16,18)/i1D,2D,3D,4D,5D. The molecule has 2 fully saturated rings. The van der Waals surface area contributed by atoms with Crippen LogP contribution in [0, 0.1) is 0 Å². The Hall–Kier alpha value is -1.55. The van der Waals surface area contributed by atoms with E-state index in [4.69, 9.17) is 11.6 Å². The van der Waals surface area contributed by atoms with Gasteiger partial charge >= 0.3 is 6.09 Å². The van der Waals surface area contributed by atoms with Crippen molar-refractivity contribution in [1.29, 1.82) is 0 Å². The second-order valence-corrected chi connectivity index (χ2v) is 5.12. The molecule has 19 heavy (non-hydrogen) atoms. The number of piperidine rings is 1. The fourth-order valence-corrected chi connectivity index (χ4v) is 2.64. The van der Waals surface area contributed by atoms with Gasteiger partial charge in [0.15, 0.2) is 0 Å². The second-order valence-electron chi connectivity index (χ2n) is 5.12. The van der Waals surface area contributed by atoms with E-state index in [1.54, 1.807) is 0 Å². The van der Waals surface area contributed by atoms with E-state index in [0.717, 1.165) is 25.9 Å². The third-order valence-corrected chi connectivity index (χ3v) is 3.86. The normalized spacial score (nSPS) is 25.9. The summed E-state index contributed by atoms with van der Waals surface area (Å²) in [4.78, 5) is 13.4. The molecule has 2 aliphatic heterocycles. The largest absolute Gasteiger partial charge is 0.441 e. The minimum absolute atomic E-state index is 0.122. The zero-order chi connectivity index (χ0) is 17.5. The molecule has 4 nitrogen and oxygen atoms in total. The quantitative estimate of drug-likeness (QED) is 0.906. The van der Waals surface area contributed by atoms with Crippen molar-refractivity contribution >= 4 is 6.09 Å². The van der Waals surface area contributed by atoms with Crippen LogP contribution >= 0.6 is 0 Å². The Labute approximate surface area is 120 Å². The van der Waals surface area contributed by atoms with Crippen molar-refractivity contribution in [3.05, 3.63) is 35.8 Å². The molecule has 102 valence electrons. The lowest BCUT2D eigenvalue weighted by atomic mass is 9.91. The Morgan fingerprint density at radius 2 is 2.05 bits per heavy atom. The van der Waals surface area contributed by atoms with Gasteiger partial charge in [-0.25, -0.2) is 4.79 Å². The Morgan fingerprint density at radius 3 is 2.68 bits per heavy atom. The van der Waals surface area contributed by atoms with Gasteiger partial charge in [-0.15, -0.1) is 0 Å². The van der Waals surface area contributed by atoms with E-state index in [1.165, 1.54) is 0 Å². The van der Waals surface area contributed by atoms with Crippen molar-refractivity contribution < 1.29 is 16.4 Å². The van der Waals surface area contributed by atoms with E-state index in [1.807, 2.05) is 0 Å². The average molecular weight is 265 g/mol. The zero-order valence-corrected chi connectivity index (χ0v) is 10.7. The lowest BCUT2D eigenvalue weighted by Crippen LogP contribution is -2.47.